The molecule has 0 amide bonds. The molecule has 0 spiro atoms. The molecule has 222 valence electrons. The number of nitrogens with zero attached hydrogens (tertiary/aromatic N) is 4. The lowest BCUT2D eigenvalue weighted by atomic mass is 9.73. The van der Waals surface area contributed by atoms with Crippen molar-refractivity contribution in [1.82, 2.24) is 15.0 Å². The van der Waals surface area contributed by atoms with Crippen LogP contribution in [0.1, 0.15) is 62.8 Å². The summed E-state index contributed by atoms with van der Waals surface area (Å²) in [5.41, 5.74) is 11.6. The highest BCUT2D eigenvalue weighted by molar-refractivity contribution is 5.86. The van der Waals surface area contributed by atoms with Gasteiger partial charge in [-0.15, -0.1) is 0 Å². The van der Waals surface area contributed by atoms with Gasteiger partial charge in [0.1, 0.15) is 0 Å². The number of hydrogen-bond acceptors (Lipinski definition) is 4. The molecule has 0 fully saturated rings. The van der Waals surface area contributed by atoms with Crippen molar-refractivity contribution in [3.05, 3.63) is 144 Å². The number of benzene rings is 5. The van der Waals surface area contributed by atoms with Crippen LogP contribution in [-0.4, -0.2) is 15.0 Å². The van der Waals surface area contributed by atoms with Gasteiger partial charge in [0, 0.05) is 27.8 Å². The highest BCUT2D eigenvalue weighted by atomic mass is 15.2. The molecule has 0 saturated carbocycles. The predicted molar refractivity (Wildman–Crippen MR) is 186 cm³/mol. The van der Waals surface area contributed by atoms with Crippen LogP contribution in [0, 0.1) is 0 Å². The summed E-state index contributed by atoms with van der Waals surface area (Å²) in [6.07, 6.45) is 0.992. The fraction of sp³-hybridized carbons (Fsp3) is 0.195. The Kier molecular flexibility index (Phi) is 7.29. The molecule has 0 aliphatic carbocycles. The van der Waals surface area contributed by atoms with Crippen LogP contribution >= 0.6 is 0 Å². The molecule has 4 nitrogen and oxygen atoms in total. The van der Waals surface area contributed by atoms with Gasteiger partial charge in [0.15, 0.2) is 17.5 Å². The van der Waals surface area contributed by atoms with Crippen molar-refractivity contribution in [2.24, 2.45) is 0 Å². The van der Waals surface area contributed by atoms with Crippen LogP contribution in [0.4, 0.5) is 17.1 Å². The number of para-hydroxylation sites is 2. The molecule has 1 aromatic heterocycles. The second-order valence-electron chi connectivity index (χ2n) is 12.7. The number of anilines is 3. The van der Waals surface area contributed by atoms with Gasteiger partial charge in [-0.25, -0.2) is 15.0 Å². The van der Waals surface area contributed by atoms with Gasteiger partial charge in [0.25, 0.3) is 0 Å². The monoisotopic (exact) mass is 586 g/mol. The largest absolute Gasteiger partial charge is 0.310 e. The Hall–Kier alpha value is -5.09. The first kappa shape index (κ1) is 28.7. The SMILES string of the molecule is CCc1ccc(-c2nc(-c3ccc(C(C)C)cc3)nc(-c3ccc(N4c5ccccc5C(C)(C)c5ccccc54)cc3)n2)cc1. The molecule has 0 atom stereocenters. The van der Waals surface area contributed by atoms with E-state index >= 15 is 0 Å². The van der Waals surface area contributed by atoms with Gasteiger partial charge >= 0.3 is 0 Å². The molecular formula is C41H38N4. The standard InChI is InChI=1S/C41H38N4/c1-6-28-15-17-30(18-16-28)38-42-39(31-21-19-29(20-22-31)27(2)3)44-40(43-38)32-23-25-33(26-24-32)45-36-13-9-7-11-34(36)41(4,5)35-12-8-10-14-37(35)45/h7-27H,6H2,1-5H3. The second-order valence-corrected chi connectivity index (χ2v) is 12.7. The first-order valence-corrected chi connectivity index (χ1v) is 15.9. The van der Waals surface area contributed by atoms with Crippen molar-refractivity contribution >= 4 is 17.1 Å². The first-order chi connectivity index (χ1) is 21.8. The minimum absolute atomic E-state index is 0.0932. The number of fused-ring (bicyclic) bond motifs is 2. The van der Waals surface area contributed by atoms with E-state index in [1.807, 2.05) is 0 Å². The number of rotatable bonds is 6. The van der Waals surface area contributed by atoms with Gasteiger partial charge in [0.05, 0.1) is 11.4 Å². The lowest BCUT2D eigenvalue weighted by molar-refractivity contribution is 0.632. The second kappa shape index (κ2) is 11.4. The molecule has 1 aliphatic heterocycles. The normalized spacial score (nSPS) is 13.4. The van der Waals surface area contributed by atoms with E-state index in [1.54, 1.807) is 0 Å². The van der Waals surface area contributed by atoms with Crippen LogP contribution in [0.5, 0.6) is 0 Å². The number of aryl methyl sites for hydroxylation is 1. The molecule has 6 aromatic rings. The molecule has 0 unspecified atom stereocenters. The minimum Gasteiger partial charge on any atom is -0.310 e. The lowest BCUT2D eigenvalue weighted by Crippen LogP contribution is -2.30. The van der Waals surface area contributed by atoms with Gasteiger partial charge in [-0.2, -0.15) is 0 Å². The van der Waals surface area contributed by atoms with E-state index in [0.29, 0.717) is 23.4 Å². The van der Waals surface area contributed by atoms with Crippen molar-refractivity contribution < 1.29 is 0 Å². The third-order valence-electron chi connectivity index (χ3n) is 9.11. The maximum atomic E-state index is 5.00. The molecular weight excluding hydrogens is 548 g/mol. The average molecular weight is 587 g/mol. The van der Waals surface area contributed by atoms with Crippen LogP contribution in [0.2, 0.25) is 0 Å². The highest BCUT2D eigenvalue weighted by Crippen LogP contribution is 2.51. The molecule has 2 heterocycles. The van der Waals surface area contributed by atoms with E-state index < -0.39 is 0 Å². The zero-order valence-electron chi connectivity index (χ0n) is 26.6. The Morgan fingerprint density at radius 2 is 0.978 bits per heavy atom. The maximum Gasteiger partial charge on any atom is 0.164 e. The fourth-order valence-electron chi connectivity index (χ4n) is 6.38. The molecule has 7 rings (SSSR count). The number of aromatic nitrogens is 3. The van der Waals surface area contributed by atoms with Crippen molar-refractivity contribution in [2.75, 3.05) is 4.90 Å². The van der Waals surface area contributed by atoms with E-state index in [9.17, 15) is 0 Å². The van der Waals surface area contributed by atoms with Gasteiger partial charge in [-0.1, -0.05) is 120 Å². The predicted octanol–water partition coefficient (Wildman–Crippen LogP) is 10.7. The summed E-state index contributed by atoms with van der Waals surface area (Å²) in [5.74, 6) is 2.48. The fourth-order valence-corrected chi connectivity index (χ4v) is 6.38. The molecule has 5 aromatic carbocycles. The van der Waals surface area contributed by atoms with Crippen LogP contribution in [-0.2, 0) is 11.8 Å². The summed E-state index contributed by atoms with van der Waals surface area (Å²) in [6.45, 7) is 11.2. The highest BCUT2D eigenvalue weighted by Gasteiger charge is 2.36. The molecule has 0 radical (unpaired) electrons. The third kappa shape index (κ3) is 5.21. The van der Waals surface area contributed by atoms with Crippen molar-refractivity contribution in [1.29, 1.82) is 0 Å². The van der Waals surface area contributed by atoms with E-state index in [0.717, 1.165) is 28.8 Å². The Morgan fingerprint density at radius 1 is 0.556 bits per heavy atom. The van der Waals surface area contributed by atoms with E-state index in [-0.39, 0.29) is 5.41 Å². The molecule has 0 bridgehead atoms. The maximum absolute atomic E-state index is 5.00. The van der Waals surface area contributed by atoms with Crippen molar-refractivity contribution in [3.8, 4) is 34.2 Å². The summed E-state index contributed by atoms with van der Waals surface area (Å²) >= 11 is 0. The zero-order valence-corrected chi connectivity index (χ0v) is 26.6. The summed E-state index contributed by atoms with van der Waals surface area (Å²) < 4.78 is 0. The Morgan fingerprint density at radius 3 is 1.42 bits per heavy atom. The molecule has 1 aliphatic rings. The average Bonchev–Trinajstić information content (AvgIpc) is 3.08. The summed E-state index contributed by atoms with van der Waals surface area (Å²) in [6, 6.07) is 43.2. The van der Waals surface area contributed by atoms with Crippen molar-refractivity contribution in [3.63, 3.8) is 0 Å². The van der Waals surface area contributed by atoms with Gasteiger partial charge < -0.3 is 4.90 Å². The minimum atomic E-state index is -0.0932. The molecule has 4 heteroatoms. The van der Waals surface area contributed by atoms with Gasteiger partial charge in [-0.3, -0.25) is 0 Å². The van der Waals surface area contributed by atoms with Gasteiger partial charge in [0.2, 0.25) is 0 Å². The summed E-state index contributed by atoms with van der Waals surface area (Å²) in [5, 5.41) is 0. The smallest absolute Gasteiger partial charge is 0.164 e. The third-order valence-corrected chi connectivity index (χ3v) is 9.11. The topological polar surface area (TPSA) is 41.9 Å². The summed E-state index contributed by atoms with van der Waals surface area (Å²) in [4.78, 5) is 17.3. The number of hydrogen-bond donors (Lipinski definition) is 0. The van der Waals surface area contributed by atoms with Gasteiger partial charge in [-0.05, 0) is 71.0 Å². The van der Waals surface area contributed by atoms with Crippen LogP contribution < -0.4 is 4.90 Å². The van der Waals surface area contributed by atoms with E-state index in [2.05, 4.69) is 161 Å². The Labute approximate surface area is 266 Å². The molecule has 0 saturated heterocycles. The summed E-state index contributed by atoms with van der Waals surface area (Å²) in [7, 11) is 0. The molecule has 45 heavy (non-hydrogen) atoms. The Bertz CT molecular complexity index is 1920. The Balaban J connectivity index is 1.32. The van der Waals surface area contributed by atoms with Crippen LogP contribution in [0.25, 0.3) is 34.2 Å². The van der Waals surface area contributed by atoms with E-state index in [4.69, 9.17) is 15.0 Å². The molecule has 0 N–H and O–H groups in total. The van der Waals surface area contributed by atoms with Crippen LogP contribution in [0.15, 0.2) is 121 Å². The van der Waals surface area contributed by atoms with Crippen LogP contribution in [0.3, 0.4) is 0 Å². The first-order valence-electron chi connectivity index (χ1n) is 15.9. The zero-order chi connectivity index (χ0) is 31.1. The van der Waals surface area contributed by atoms with E-state index in [1.165, 1.54) is 33.6 Å². The lowest BCUT2D eigenvalue weighted by Gasteiger charge is -2.42. The quantitative estimate of drug-likeness (QED) is 0.195. The van der Waals surface area contributed by atoms with Crippen molar-refractivity contribution in [2.45, 2.75) is 52.4 Å².